The molecule has 1 aliphatic heterocycles. The number of rotatable bonds is 5. The molecule has 0 spiro atoms. The molecule has 3 rings (SSSR count). The minimum Gasteiger partial charge on any atom is -0.474 e. The number of aryl methyl sites for hydroxylation is 1. The zero-order valence-corrected chi connectivity index (χ0v) is 12.0. The highest BCUT2D eigenvalue weighted by molar-refractivity contribution is 5.40. The topological polar surface area (TPSA) is 76.3 Å². The first-order chi connectivity index (χ1) is 10.3. The van der Waals surface area contributed by atoms with Gasteiger partial charge in [0.05, 0.1) is 19.0 Å². The van der Waals surface area contributed by atoms with Crippen LogP contribution < -0.4 is 9.64 Å². The first-order valence-electron chi connectivity index (χ1n) is 7.06. The number of hydrogen-bond donors (Lipinski definition) is 1. The van der Waals surface area contributed by atoms with Crippen LogP contribution in [0.15, 0.2) is 24.8 Å². The molecule has 1 saturated heterocycles. The van der Waals surface area contributed by atoms with Crippen LogP contribution in [0.2, 0.25) is 0 Å². The van der Waals surface area contributed by atoms with E-state index in [-0.39, 0.29) is 13.2 Å². The van der Waals surface area contributed by atoms with Gasteiger partial charge in [0.25, 0.3) is 0 Å². The summed E-state index contributed by atoms with van der Waals surface area (Å²) in [5.41, 5.74) is 0. The molecule has 0 aliphatic carbocycles. The summed E-state index contributed by atoms with van der Waals surface area (Å²) >= 11 is 0. The molecule has 21 heavy (non-hydrogen) atoms. The SMILES string of the molecule is Cn1ccnc1C1CCN(c2cncc(OCCO)n2)C1. The van der Waals surface area contributed by atoms with Crippen molar-refractivity contribution in [2.24, 2.45) is 7.05 Å². The molecule has 112 valence electrons. The van der Waals surface area contributed by atoms with Gasteiger partial charge in [-0.05, 0) is 6.42 Å². The van der Waals surface area contributed by atoms with Crippen LogP contribution in [-0.4, -0.2) is 50.9 Å². The van der Waals surface area contributed by atoms with Gasteiger partial charge in [-0.1, -0.05) is 0 Å². The molecular weight excluding hydrogens is 270 g/mol. The van der Waals surface area contributed by atoms with Crippen molar-refractivity contribution in [3.63, 3.8) is 0 Å². The summed E-state index contributed by atoms with van der Waals surface area (Å²) in [6.45, 7) is 2.00. The van der Waals surface area contributed by atoms with Crippen molar-refractivity contribution < 1.29 is 9.84 Å². The van der Waals surface area contributed by atoms with Gasteiger partial charge in [-0.15, -0.1) is 0 Å². The highest BCUT2D eigenvalue weighted by Gasteiger charge is 2.27. The summed E-state index contributed by atoms with van der Waals surface area (Å²) in [4.78, 5) is 15.2. The molecule has 1 N–H and O–H groups in total. The molecule has 1 atom stereocenters. The van der Waals surface area contributed by atoms with E-state index in [1.54, 1.807) is 12.4 Å². The highest BCUT2D eigenvalue weighted by atomic mass is 16.5. The fourth-order valence-electron chi connectivity index (χ4n) is 2.66. The molecule has 0 radical (unpaired) electrons. The van der Waals surface area contributed by atoms with Gasteiger partial charge < -0.3 is 19.3 Å². The minimum atomic E-state index is -0.0309. The largest absolute Gasteiger partial charge is 0.474 e. The highest BCUT2D eigenvalue weighted by Crippen LogP contribution is 2.29. The molecule has 1 aliphatic rings. The second-order valence-electron chi connectivity index (χ2n) is 5.12. The third-order valence-electron chi connectivity index (χ3n) is 3.68. The van der Waals surface area contributed by atoms with Crippen LogP contribution in [0.1, 0.15) is 18.2 Å². The van der Waals surface area contributed by atoms with Gasteiger partial charge in [0, 0.05) is 38.4 Å². The van der Waals surface area contributed by atoms with Gasteiger partial charge in [-0.3, -0.25) is 4.98 Å². The van der Waals surface area contributed by atoms with Crippen LogP contribution in [0.3, 0.4) is 0 Å². The van der Waals surface area contributed by atoms with Gasteiger partial charge in [0.2, 0.25) is 5.88 Å². The number of hydrogen-bond acceptors (Lipinski definition) is 6. The molecule has 2 aromatic heterocycles. The lowest BCUT2D eigenvalue weighted by Gasteiger charge is -2.17. The van der Waals surface area contributed by atoms with Crippen LogP contribution in [0, 0.1) is 0 Å². The van der Waals surface area contributed by atoms with Crippen LogP contribution in [-0.2, 0) is 7.05 Å². The second-order valence-corrected chi connectivity index (χ2v) is 5.12. The predicted octanol–water partition coefficient (Wildman–Crippen LogP) is 0.575. The molecule has 3 heterocycles. The smallest absolute Gasteiger partial charge is 0.234 e. The maximum Gasteiger partial charge on any atom is 0.234 e. The van der Waals surface area contributed by atoms with Crippen LogP contribution in [0.4, 0.5) is 5.82 Å². The molecule has 7 nitrogen and oxygen atoms in total. The Morgan fingerprint density at radius 3 is 3.10 bits per heavy atom. The normalized spacial score (nSPS) is 18.2. The monoisotopic (exact) mass is 289 g/mol. The van der Waals surface area contributed by atoms with E-state index in [9.17, 15) is 0 Å². The Morgan fingerprint density at radius 2 is 2.33 bits per heavy atom. The van der Waals surface area contributed by atoms with Gasteiger partial charge >= 0.3 is 0 Å². The first kappa shape index (κ1) is 13.8. The Balaban J connectivity index is 1.70. The average molecular weight is 289 g/mol. The number of aliphatic hydroxyl groups excluding tert-OH is 1. The Morgan fingerprint density at radius 1 is 1.43 bits per heavy atom. The molecule has 1 fully saturated rings. The van der Waals surface area contributed by atoms with Crippen molar-refractivity contribution in [2.75, 3.05) is 31.2 Å². The first-order valence-corrected chi connectivity index (χ1v) is 7.06. The van der Waals surface area contributed by atoms with Crippen molar-refractivity contribution in [3.8, 4) is 5.88 Å². The molecular formula is C14H19N5O2. The van der Waals surface area contributed by atoms with Crippen LogP contribution in [0.25, 0.3) is 0 Å². The van der Waals surface area contributed by atoms with Gasteiger partial charge in [0.15, 0.2) is 5.82 Å². The summed E-state index contributed by atoms with van der Waals surface area (Å²) in [5, 5.41) is 8.78. The summed E-state index contributed by atoms with van der Waals surface area (Å²) in [6.07, 6.45) is 8.16. The van der Waals surface area contributed by atoms with E-state index < -0.39 is 0 Å². The predicted molar refractivity (Wildman–Crippen MR) is 77.4 cm³/mol. The van der Waals surface area contributed by atoms with Gasteiger partial charge in [-0.2, -0.15) is 4.98 Å². The van der Waals surface area contributed by atoms with Crippen molar-refractivity contribution in [1.29, 1.82) is 0 Å². The summed E-state index contributed by atoms with van der Waals surface area (Å²) < 4.78 is 7.38. The van der Waals surface area contributed by atoms with E-state index in [0.29, 0.717) is 11.8 Å². The van der Waals surface area contributed by atoms with E-state index in [1.807, 2.05) is 19.4 Å². The Kier molecular flexibility index (Phi) is 4.01. The van der Waals surface area contributed by atoms with E-state index in [2.05, 4.69) is 24.4 Å². The van der Waals surface area contributed by atoms with E-state index in [1.165, 1.54) is 0 Å². The Bertz CT molecular complexity index is 601. The summed E-state index contributed by atoms with van der Waals surface area (Å²) in [6, 6.07) is 0. The average Bonchev–Trinajstić information content (AvgIpc) is 3.14. The molecule has 2 aromatic rings. The minimum absolute atomic E-state index is 0.0309. The number of nitrogens with zero attached hydrogens (tertiary/aromatic N) is 5. The fraction of sp³-hybridized carbons (Fsp3) is 0.500. The maximum absolute atomic E-state index is 8.78. The second kappa shape index (κ2) is 6.09. The number of aliphatic hydroxyl groups is 1. The van der Waals surface area contributed by atoms with Crippen LogP contribution in [0.5, 0.6) is 5.88 Å². The fourth-order valence-corrected chi connectivity index (χ4v) is 2.66. The number of imidazole rings is 1. The van der Waals surface area contributed by atoms with Crippen molar-refractivity contribution >= 4 is 5.82 Å². The van der Waals surface area contributed by atoms with Gasteiger partial charge in [-0.25, -0.2) is 4.98 Å². The standard InChI is InChI=1S/C14H19N5O2/c1-18-5-3-16-14(18)11-2-4-19(10-11)12-8-15-9-13(17-12)21-7-6-20/h3,5,8-9,11,20H,2,4,6-7,10H2,1H3. The summed E-state index contributed by atoms with van der Waals surface area (Å²) in [5.74, 6) is 2.77. The lowest BCUT2D eigenvalue weighted by molar-refractivity contribution is 0.196. The van der Waals surface area contributed by atoms with E-state index >= 15 is 0 Å². The van der Waals surface area contributed by atoms with Crippen molar-refractivity contribution in [2.45, 2.75) is 12.3 Å². The van der Waals surface area contributed by atoms with Crippen molar-refractivity contribution in [3.05, 3.63) is 30.6 Å². The Labute approximate surface area is 123 Å². The third kappa shape index (κ3) is 2.97. The Hall–Kier alpha value is -2.15. The molecule has 0 aromatic carbocycles. The number of aromatic nitrogens is 4. The van der Waals surface area contributed by atoms with E-state index in [0.717, 1.165) is 31.2 Å². The van der Waals surface area contributed by atoms with Gasteiger partial charge in [0.1, 0.15) is 12.4 Å². The van der Waals surface area contributed by atoms with E-state index in [4.69, 9.17) is 9.84 Å². The summed E-state index contributed by atoms with van der Waals surface area (Å²) in [7, 11) is 2.02. The molecule has 7 heteroatoms. The molecule has 0 bridgehead atoms. The zero-order valence-electron chi connectivity index (χ0n) is 12.0. The lowest BCUT2D eigenvalue weighted by Crippen LogP contribution is -2.21. The quantitative estimate of drug-likeness (QED) is 0.867. The molecule has 0 saturated carbocycles. The number of anilines is 1. The maximum atomic E-state index is 8.78. The van der Waals surface area contributed by atoms with Crippen LogP contribution >= 0.6 is 0 Å². The molecule has 1 unspecified atom stereocenters. The molecule has 0 amide bonds. The lowest BCUT2D eigenvalue weighted by atomic mass is 10.1. The third-order valence-corrected chi connectivity index (χ3v) is 3.68. The van der Waals surface area contributed by atoms with Crippen molar-refractivity contribution in [1.82, 2.24) is 19.5 Å². The number of ether oxygens (including phenoxy) is 1. The zero-order chi connectivity index (χ0) is 14.7.